The Morgan fingerprint density at radius 1 is 0.275 bits per heavy atom. The maximum Gasteiger partial charge on any atom is 0.135 e. The molecule has 2 nitrogen and oxygen atoms in total. The number of rotatable bonds is 9. The summed E-state index contributed by atoms with van der Waals surface area (Å²) in [4.78, 5) is 2.39. The molecule has 0 radical (unpaired) electrons. The lowest BCUT2D eigenvalue weighted by atomic mass is 9.67. The number of para-hydroxylation sites is 1. The summed E-state index contributed by atoms with van der Waals surface area (Å²) in [5, 5.41) is 2.26. The molecule has 12 aromatic rings. The average molecular weight is 880 g/mol. The van der Waals surface area contributed by atoms with E-state index >= 15 is 0 Å². The van der Waals surface area contributed by atoms with Crippen molar-refractivity contribution in [2.45, 2.75) is 5.41 Å². The van der Waals surface area contributed by atoms with Gasteiger partial charge in [-0.15, -0.1) is 0 Å². The van der Waals surface area contributed by atoms with Gasteiger partial charge in [-0.05, 0) is 139 Å². The van der Waals surface area contributed by atoms with Crippen LogP contribution in [0.25, 0.3) is 77.6 Å². The minimum absolute atomic E-state index is 0.479. The van der Waals surface area contributed by atoms with Crippen LogP contribution in [0.2, 0.25) is 0 Å². The third kappa shape index (κ3) is 6.80. The number of hydrogen-bond donors (Lipinski definition) is 0. The molecule has 0 saturated carbocycles. The van der Waals surface area contributed by atoms with E-state index in [-0.39, 0.29) is 0 Å². The van der Waals surface area contributed by atoms with Gasteiger partial charge in [0, 0.05) is 27.8 Å². The molecule has 324 valence electrons. The van der Waals surface area contributed by atoms with Crippen LogP contribution >= 0.6 is 0 Å². The van der Waals surface area contributed by atoms with Gasteiger partial charge < -0.3 is 9.32 Å². The molecule has 1 aliphatic carbocycles. The first-order chi connectivity index (χ1) is 34.2. The Balaban J connectivity index is 0.942. The van der Waals surface area contributed by atoms with Gasteiger partial charge in [0.15, 0.2) is 0 Å². The van der Waals surface area contributed by atoms with Gasteiger partial charge in [0.2, 0.25) is 0 Å². The summed E-state index contributed by atoms with van der Waals surface area (Å²) >= 11 is 0. The van der Waals surface area contributed by atoms with Gasteiger partial charge in [-0.25, -0.2) is 0 Å². The summed E-state index contributed by atoms with van der Waals surface area (Å²) in [5.74, 6) is 0. The molecule has 13 rings (SSSR count). The van der Waals surface area contributed by atoms with E-state index in [0.717, 1.165) is 55.7 Å². The zero-order valence-electron chi connectivity index (χ0n) is 37.8. The molecule has 2 heteroatoms. The molecule has 0 atom stereocenters. The van der Waals surface area contributed by atoms with E-state index in [2.05, 4.69) is 266 Å². The lowest BCUT2D eigenvalue weighted by Crippen LogP contribution is -2.28. The van der Waals surface area contributed by atoms with Crippen LogP contribution in [-0.4, -0.2) is 0 Å². The zero-order chi connectivity index (χ0) is 45.7. The molecule has 0 N–H and O–H groups in total. The molecule has 1 aliphatic rings. The van der Waals surface area contributed by atoms with Crippen LogP contribution in [0.4, 0.5) is 17.1 Å². The maximum atomic E-state index is 6.18. The van der Waals surface area contributed by atoms with Crippen molar-refractivity contribution in [2.24, 2.45) is 0 Å². The summed E-state index contributed by atoms with van der Waals surface area (Å²) in [6, 6.07) is 99.3. The normalized spacial score (nSPS) is 12.5. The largest absolute Gasteiger partial charge is 0.456 e. The number of nitrogens with zero attached hydrogens (tertiary/aromatic N) is 1. The molecule has 69 heavy (non-hydrogen) atoms. The van der Waals surface area contributed by atoms with Crippen molar-refractivity contribution < 1.29 is 4.42 Å². The second-order valence-electron chi connectivity index (χ2n) is 18.0. The Morgan fingerprint density at radius 3 is 1.45 bits per heavy atom. The minimum Gasteiger partial charge on any atom is -0.456 e. The lowest BCUT2D eigenvalue weighted by molar-refractivity contribution is 0.669. The van der Waals surface area contributed by atoms with E-state index in [1.807, 2.05) is 12.1 Å². The third-order valence-electron chi connectivity index (χ3n) is 14.2. The van der Waals surface area contributed by atoms with Crippen LogP contribution in [0, 0.1) is 0 Å². The smallest absolute Gasteiger partial charge is 0.135 e. The number of hydrogen-bond acceptors (Lipinski definition) is 2. The van der Waals surface area contributed by atoms with E-state index in [1.165, 1.54) is 61.2 Å². The highest BCUT2D eigenvalue weighted by molar-refractivity contribution is 6.06. The van der Waals surface area contributed by atoms with Crippen molar-refractivity contribution in [3.63, 3.8) is 0 Å². The molecule has 0 spiro atoms. The van der Waals surface area contributed by atoms with Crippen LogP contribution in [-0.2, 0) is 5.41 Å². The van der Waals surface area contributed by atoms with E-state index in [9.17, 15) is 0 Å². The van der Waals surface area contributed by atoms with Crippen molar-refractivity contribution >= 4 is 39.0 Å². The fourth-order valence-corrected chi connectivity index (χ4v) is 11.0. The highest BCUT2D eigenvalue weighted by Gasteiger charge is 2.46. The Morgan fingerprint density at radius 2 is 0.754 bits per heavy atom. The highest BCUT2D eigenvalue weighted by Crippen LogP contribution is 2.58. The predicted octanol–water partition coefficient (Wildman–Crippen LogP) is 18.1. The van der Waals surface area contributed by atoms with Crippen molar-refractivity contribution in [2.75, 3.05) is 4.90 Å². The molecule has 0 bridgehead atoms. The Bertz CT molecular complexity index is 3780. The quantitative estimate of drug-likeness (QED) is 0.144. The van der Waals surface area contributed by atoms with Crippen molar-refractivity contribution in [1.82, 2.24) is 0 Å². The van der Waals surface area contributed by atoms with E-state index < -0.39 is 5.41 Å². The first-order valence-corrected chi connectivity index (χ1v) is 23.7. The SMILES string of the molecule is c1ccc(-c2cccc(-c3ccc(N(c4ccc(-c5ccc6oc7ccccc7c6c5)cc4)c4cccc(-c5cccc6c5-c5ccccc5C6(c5ccccc5)c5ccccc5)c4)cc3)c2)cc1. The average Bonchev–Trinajstić information content (AvgIpc) is 3.96. The van der Waals surface area contributed by atoms with Crippen molar-refractivity contribution in [3.8, 4) is 55.6 Å². The van der Waals surface area contributed by atoms with Gasteiger partial charge in [0.05, 0.1) is 5.41 Å². The number of furan rings is 1. The molecule has 0 unspecified atom stereocenters. The van der Waals surface area contributed by atoms with Gasteiger partial charge in [-0.3, -0.25) is 0 Å². The Labute approximate surface area is 402 Å². The minimum atomic E-state index is -0.479. The van der Waals surface area contributed by atoms with E-state index in [0.29, 0.717) is 0 Å². The second kappa shape index (κ2) is 16.7. The summed E-state index contributed by atoms with van der Waals surface area (Å²) in [7, 11) is 0. The van der Waals surface area contributed by atoms with Crippen LogP contribution in [0.5, 0.6) is 0 Å². The van der Waals surface area contributed by atoms with Gasteiger partial charge >= 0.3 is 0 Å². The van der Waals surface area contributed by atoms with Crippen LogP contribution in [0.3, 0.4) is 0 Å². The molecule has 0 amide bonds. The van der Waals surface area contributed by atoms with Gasteiger partial charge in [-0.2, -0.15) is 0 Å². The molecule has 0 fully saturated rings. The third-order valence-corrected chi connectivity index (χ3v) is 14.2. The summed E-state index contributed by atoms with van der Waals surface area (Å²) in [5.41, 5.74) is 21.6. The van der Waals surface area contributed by atoms with Crippen LogP contribution in [0.1, 0.15) is 22.3 Å². The van der Waals surface area contributed by atoms with Crippen molar-refractivity contribution in [1.29, 1.82) is 0 Å². The number of fused-ring (bicyclic) bond motifs is 6. The standard InChI is InChI=1S/C67H45NO/c1-4-17-46(18-5-1)49-19-14-20-50(43-49)47-33-38-55(39-34-47)68(56-40-35-48(36-41-56)51-37-42-65-61(45-51)59-27-11-13-32-64(59)69-65)57-26-15-21-52(44-57)58-29-16-31-63-66(58)60-28-10-12-30-62(60)67(63,53-22-6-2-7-23-53)54-24-8-3-9-25-54/h1-45H. The monoisotopic (exact) mass is 879 g/mol. The molecule has 0 saturated heterocycles. The fourth-order valence-electron chi connectivity index (χ4n) is 11.0. The maximum absolute atomic E-state index is 6.18. The summed E-state index contributed by atoms with van der Waals surface area (Å²) < 4.78 is 6.18. The van der Waals surface area contributed by atoms with Gasteiger partial charge in [-0.1, -0.05) is 212 Å². The van der Waals surface area contributed by atoms with Gasteiger partial charge in [0.1, 0.15) is 11.2 Å². The van der Waals surface area contributed by atoms with E-state index in [1.54, 1.807) is 0 Å². The molecular formula is C67H45NO. The highest BCUT2D eigenvalue weighted by atomic mass is 16.3. The lowest BCUT2D eigenvalue weighted by Gasteiger charge is -2.34. The second-order valence-corrected chi connectivity index (χ2v) is 18.0. The topological polar surface area (TPSA) is 16.4 Å². The Hall–Kier alpha value is -8.98. The summed E-state index contributed by atoms with van der Waals surface area (Å²) in [6.07, 6.45) is 0. The van der Waals surface area contributed by atoms with Crippen molar-refractivity contribution in [3.05, 3.63) is 295 Å². The van der Waals surface area contributed by atoms with Crippen LogP contribution in [0.15, 0.2) is 277 Å². The fraction of sp³-hybridized carbons (Fsp3) is 0.0149. The molecule has 1 aromatic heterocycles. The summed E-state index contributed by atoms with van der Waals surface area (Å²) in [6.45, 7) is 0. The van der Waals surface area contributed by atoms with Crippen LogP contribution < -0.4 is 4.90 Å². The molecule has 11 aromatic carbocycles. The number of benzene rings is 11. The molecule has 1 heterocycles. The van der Waals surface area contributed by atoms with Gasteiger partial charge in [0.25, 0.3) is 0 Å². The molecular weight excluding hydrogens is 835 g/mol. The zero-order valence-corrected chi connectivity index (χ0v) is 37.8. The first kappa shape index (κ1) is 40.3. The first-order valence-electron chi connectivity index (χ1n) is 23.7. The molecule has 0 aliphatic heterocycles. The van der Waals surface area contributed by atoms with E-state index in [4.69, 9.17) is 4.42 Å². The number of anilines is 3. The predicted molar refractivity (Wildman–Crippen MR) is 287 cm³/mol. The Kier molecular flexibility index (Phi) is 9.77.